The fourth-order valence-electron chi connectivity index (χ4n) is 9.43. The molecule has 4 aliphatic rings. The average molecular weight is 519 g/mol. The van der Waals surface area contributed by atoms with E-state index in [1.807, 2.05) is 0 Å². The van der Waals surface area contributed by atoms with Gasteiger partial charge in [0, 0.05) is 12.5 Å². The van der Waals surface area contributed by atoms with E-state index in [4.69, 9.17) is 8.85 Å². The third-order valence-electron chi connectivity index (χ3n) is 10.7. The Kier molecular flexibility index (Phi) is 7.79. The number of aldehydes is 1. The lowest BCUT2D eigenvalue weighted by Gasteiger charge is -2.62. The van der Waals surface area contributed by atoms with Gasteiger partial charge in [-0.05, 0) is 131 Å². The van der Waals surface area contributed by atoms with E-state index >= 15 is 0 Å². The monoisotopic (exact) mass is 518 g/mol. The second-order valence-electron chi connectivity index (χ2n) is 15.2. The van der Waals surface area contributed by atoms with Crippen LogP contribution in [0.4, 0.5) is 0 Å². The lowest BCUT2D eigenvalue weighted by Crippen LogP contribution is -2.59. The fourth-order valence-corrected chi connectivity index (χ4v) is 11.7. The van der Waals surface area contributed by atoms with Crippen molar-refractivity contribution in [2.75, 3.05) is 0 Å². The molecule has 200 valence electrons. The molecule has 0 amide bonds. The summed E-state index contributed by atoms with van der Waals surface area (Å²) in [6.45, 7) is 21.7. The van der Waals surface area contributed by atoms with Gasteiger partial charge >= 0.3 is 0 Å². The van der Waals surface area contributed by atoms with E-state index in [9.17, 15) is 4.79 Å². The number of fused-ring (bicyclic) bond motifs is 5. The van der Waals surface area contributed by atoms with Gasteiger partial charge in [-0.25, -0.2) is 0 Å². The first-order chi connectivity index (χ1) is 16.2. The van der Waals surface area contributed by atoms with Gasteiger partial charge in [0.1, 0.15) is 6.29 Å². The molecule has 0 aromatic carbocycles. The molecule has 0 saturated heterocycles. The van der Waals surface area contributed by atoms with Crippen molar-refractivity contribution < 1.29 is 13.6 Å². The van der Waals surface area contributed by atoms with Gasteiger partial charge in [-0.15, -0.1) is 0 Å². The van der Waals surface area contributed by atoms with Crippen molar-refractivity contribution in [3.8, 4) is 0 Å². The molecule has 0 heterocycles. The number of hydrogen-bond donors (Lipinski definition) is 0. The van der Waals surface area contributed by atoms with Gasteiger partial charge in [-0.2, -0.15) is 0 Å². The number of allylic oxidation sites excluding steroid dienone is 1. The van der Waals surface area contributed by atoms with E-state index in [-0.39, 0.29) is 11.5 Å². The lowest BCUT2D eigenvalue weighted by atomic mass is 9.45. The van der Waals surface area contributed by atoms with Crippen LogP contribution in [0.15, 0.2) is 12.2 Å². The topological polar surface area (TPSA) is 35.5 Å². The van der Waals surface area contributed by atoms with Crippen molar-refractivity contribution in [3.63, 3.8) is 0 Å². The second-order valence-corrected chi connectivity index (χ2v) is 24.1. The van der Waals surface area contributed by atoms with Crippen LogP contribution in [0, 0.1) is 46.3 Å². The zero-order valence-corrected chi connectivity index (χ0v) is 26.2. The Hall–Kier alpha value is -0.236. The predicted molar refractivity (Wildman–Crippen MR) is 151 cm³/mol. The van der Waals surface area contributed by atoms with Gasteiger partial charge in [0.15, 0.2) is 16.6 Å². The Bertz CT molecular complexity index is 798. The minimum absolute atomic E-state index is 0.217. The van der Waals surface area contributed by atoms with Crippen LogP contribution in [-0.2, 0) is 13.6 Å². The van der Waals surface area contributed by atoms with Crippen LogP contribution in [0.3, 0.4) is 0 Å². The first-order valence-electron chi connectivity index (χ1n) is 14.7. The standard InChI is InChI=1S/C30H54O3Si2/c1-21(11-10-18-31)24-12-13-25-23-20-28(33-35(7,8)9)27-19-22(32-34(4,5)6)14-16-30(27,3)26(23)15-17-29(24,25)2/h14,16,18,21-28H,10-13,15,17,19-20H2,1-9H3/t21-,22-,23+,24-,25+,26+,27+,28+,29-,30-/m1/s1. The molecule has 3 nitrogen and oxygen atoms in total. The molecule has 3 saturated carbocycles. The van der Waals surface area contributed by atoms with Gasteiger partial charge in [-0.1, -0.05) is 32.9 Å². The van der Waals surface area contributed by atoms with Crippen LogP contribution in [0.2, 0.25) is 39.3 Å². The summed E-state index contributed by atoms with van der Waals surface area (Å²) in [5.41, 5.74) is 0.646. The van der Waals surface area contributed by atoms with E-state index in [1.165, 1.54) is 32.1 Å². The summed E-state index contributed by atoms with van der Waals surface area (Å²) in [4.78, 5) is 11.1. The Morgan fingerprint density at radius 2 is 1.63 bits per heavy atom. The summed E-state index contributed by atoms with van der Waals surface area (Å²) in [6.07, 6.45) is 16.4. The van der Waals surface area contributed by atoms with Crippen molar-refractivity contribution in [1.29, 1.82) is 0 Å². The molecule has 35 heavy (non-hydrogen) atoms. The molecule has 0 radical (unpaired) electrons. The highest BCUT2D eigenvalue weighted by Gasteiger charge is 2.62. The van der Waals surface area contributed by atoms with E-state index in [2.05, 4.69) is 72.2 Å². The van der Waals surface area contributed by atoms with Crippen LogP contribution in [0.5, 0.6) is 0 Å². The van der Waals surface area contributed by atoms with Crippen LogP contribution in [-0.4, -0.2) is 35.1 Å². The summed E-state index contributed by atoms with van der Waals surface area (Å²) >= 11 is 0. The van der Waals surface area contributed by atoms with Crippen LogP contribution >= 0.6 is 0 Å². The Labute approximate surface area is 218 Å². The summed E-state index contributed by atoms with van der Waals surface area (Å²) in [7, 11) is -3.26. The van der Waals surface area contributed by atoms with Crippen LogP contribution < -0.4 is 0 Å². The highest BCUT2D eigenvalue weighted by molar-refractivity contribution is 6.70. The Morgan fingerprint density at radius 1 is 0.943 bits per heavy atom. The Balaban J connectivity index is 1.64. The quantitative estimate of drug-likeness (QED) is 0.185. The van der Waals surface area contributed by atoms with Crippen LogP contribution in [0.1, 0.15) is 72.1 Å². The van der Waals surface area contributed by atoms with E-state index in [0.717, 1.165) is 49.2 Å². The maximum absolute atomic E-state index is 11.1. The number of hydrogen-bond acceptors (Lipinski definition) is 3. The average Bonchev–Trinajstić information content (AvgIpc) is 3.08. The van der Waals surface area contributed by atoms with Crippen molar-refractivity contribution >= 4 is 22.9 Å². The zero-order chi connectivity index (χ0) is 25.8. The number of rotatable bonds is 8. The highest BCUT2D eigenvalue weighted by Crippen LogP contribution is 2.68. The van der Waals surface area contributed by atoms with E-state index < -0.39 is 16.6 Å². The minimum atomic E-state index is -1.67. The highest BCUT2D eigenvalue weighted by atomic mass is 28.4. The Morgan fingerprint density at radius 3 is 2.26 bits per heavy atom. The van der Waals surface area contributed by atoms with E-state index in [0.29, 0.717) is 23.4 Å². The molecule has 4 aliphatic carbocycles. The maximum Gasteiger partial charge on any atom is 0.184 e. The largest absolute Gasteiger partial charge is 0.414 e. The first kappa shape index (κ1) is 27.8. The SMILES string of the molecule is C[C@H](CCC=O)[C@H]1CC[C@H]2[C@@H]3C[C@H](O[Si](C)(C)C)[C@@H]4C[C@H](O[Si](C)(C)C)C=C[C@]4(C)[C@H]3CC[C@]12C. The molecule has 3 fully saturated rings. The number of carbonyl (C=O) groups is 1. The summed E-state index contributed by atoms with van der Waals surface area (Å²) in [5.74, 6) is 4.32. The number of carbonyl (C=O) groups excluding carboxylic acids is 1. The summed E-state index contributed by atoms with van der Waals surface area (Å²) in [6, 6.07) is 0. The molecule has 0 bridgehead atoms. The van der Waals surface area contributed by atoms with Crippen molar-refractivity contribution in [3.05, 3.63) is 12.2 Å². The molecule has 5 heteroatoms. The molecule has 0 aliphatic heterocycles. The zero-order valence-electron chi connectivity index (χ0n) is 24.2. The van der Waals surface area contributed by atoms with E-state index in [1.54, 1.807) is 0 Å². The molecular weight excluding hydrogens is 464 g/mol. The van der Waals surface area contributed by atoms with Gasteiger partial charge in [0.05, 0.1) is 6.10 Å². The van der Waals surface area contributed by atoms with Crippen LogP contribution in [0.25, 0.3) is 0 Å². The molecule has 0 spiro atoms. The predicted octanol–water partition coefficient (Wildman–Crippen LogP) is 8.09. The minimum Gasteiger partial charge on any atom is -0.414 e. The first-order valence-corrected chi connectivity index (χ1v) is 21.5. The smallest absolute Gasteiger partial charge is 0.184 e. The molecule has 10 atom stereocenters. The third-order valence-corrected chi connectivity index (χ3v) is 12.7. The second kappa shape index (κ2) is 9.82. The van der Waals surface area contributed by atoms with Gasteiger partial charge in [0.2, 0.25) is 0 Å². The van der Waals surface area contributed by atoms with Crippen molar-refractivity contribution in [1.82, 2.24) is 0 Å². The lowest BCUT2D eigenvalue weighted by molar-refractivity contribution is -0.132. The molecule has 0 unspecified atom stereocenters. The third kappa shape index (κ3) is 5.49. The molecular formula is C30H54O3Si2. The summed E-state index contributed by atoms with van der Waals surface area (Å²) in [5, 5.41) is 0. The summed E-state index contributed by atoms with van der Waals surface area (Å²) < 4.78 is 13.7. The van der Waals surface area contributed by atoms with Gasteiger partial charge in [0.25, 0.3) is 0 Å². The maximum atomic E-state index is 11.1. The normalized spacial score (nSPS) is 44.3. The van der Waals surface area contributed by atoms with Gasteiger partial charge < -0.3 is 13.6 Å². The fraction of sp³-hybridized carbons (Fsp3) is 0.900. The van der Waals surface area contributed by atoms with Gasteiger partial charge in [-0.3, -0.25) is 0 Å². The molecule has 0 aromatic heterocycles. The van der Waals surface area contributed by atoms with Crippen molar-refractivity contribution in [2.24, 2.45) is 46.3 Å². The molecule has 4 rings (SSSR count). The molecule has 0 N–H and O–H groups in total. The molecule has 0 aromatic rings. The van der Waals surface area contributed by atoms with Crippen molar-refractivity contribution in [2.45, 2.75) is 124 Å².